The van der Waals surface area contributed by atoms with E-state index in [1.54, 1.807) is 24.3 Å². The van der Waals surface area contributed by atoms with Gasteiger partial charge in [-0.3, -0.25) is 10.1 Å². The Kier molecular flexibility index (Phi) is 4.81. The van der Waals surface area contributed by atoms with Crippen molar-refractivity contribution in [2.24, 2.45) is 5.73 Å². The number of nitrogens with two attached hydrogens (primary N) is 1. The van der Waals surface area contributed by atoms with Gasteiger partial charge < -0.3 is 5.73 Å². The first-order valence-electron chi connectivity index (χ1n) is 6.28. The lowest BCUT2D eigenvalue weighted by Gasteiger charge is -2.29. The molecule has 0 aliphatic heterocycles. The highest BCUT2D eigenvalue weighted by atomic mass is 19.4. The Hall–Kier alpha value is -1.56. The Bertz CT molecular complexity index is 468. The number of rotatable bonds is 5. The van der Waals surface area contributed by atoms with Crippen LogP contribution in [0.4, 0.5) is 13.2 Å². The number of alkyl halides is 3. The molecule has 0 heterocycles. The van der Waals surface area contributed by atoms with E-state index in [4.69, 9.17) is 5.73 Å². The highest BCUT2D eigenvalue weighted by Crippen LogP contribution is 2.25. The lowest BCUT2D eigenvalue weighted by atomic mass is 9.89. The third-order valence-electron chi connectivity index (χ3n) is 3.29. The molecule has 0 saturated carbocycles. The lowest BCUT2D eigenvalue weighted by Crippen LogP contribution is -2.53. The molecule has 3 nitrogen and oxygen atoms in total. The van der Waals surface area contributed by atoms with E-state index in [2.05, 4.69) is 5.32 Å². The van der Waals surface area contributed by atoms with Crippen LogP contribution in [0.15, 0.2) is 24.3 Å². The van der Waals surface area contributed by atoms with Gasteiger partial charge in [-0.1, -0.05) is 38.1 Å². The number of nitrogens with one attached hydrogen (secondary N) is 1. The molecule has 1 aromatic carbocycles. The summed E-state index contributed by atoms with van der Waals surface area (Å²) in [6, 6.07) is 6.83. The lowest BCUT2D eigenvalue weighted by molar-refractivity contribution is -0.135. The van der Waals surface area contributed by atoms with E-state index in [1.807, 2.05) is 13.8 Å². The van der Waals surface area contributed by atoms with Crippen molar-refractivity contribution in [3.8, 4) is 0 Å². The molecule has 0 bridgehead atoms. The Morgan fingerprint density at radius 3 is 2.10 bits per heavy atom. The first kappa shape index (κ1) is 16.5. The zero-order valence-corrected chi connectivity index (χ0v) is 11.7. The Morgan fingerprint density at radius 1 is 1.25 bits per heavy atom. The molecule has 3 N–H and O–H groups in total. The molecular weight excluding hydrogens is 269 g/mol. The van der Waals surface area contributed by atoms with Crippen molar-refractivity contribution in [3.05, 3.63) is 35.4 Å². The minimum absolute atomic E-state index is 0.298. The second kappa shape index (κ2) is 5.83. The summed E-state index contributed by atoms with van der Waals surface area (Å²) >= 11 is 0. The van der Waals surface area contributed by atoms with Gasteiger partial charge in [-0.15, -0.1) is 0 Å². The minimum Gasteiger partial charge on any atom is -0.368 e. The molecule has 20 heavy (non-hydrogen) atoms. The molecule has 112 valence electrons. The summed E-state index contributed by atoms with van der Waals surface area (Å²) in [6.45, 7) is 4.08. The molecule has 1 aromatic rings. The molecule has 0 fully saturated rings. The van der Waals surface area contributed by atoms with Crippen LogP contribution in [0.5, 0.6) is 0 Å². The van der Waals surface area contributed by atoms with Gasteiger partial charge in [0, 0.05) is 0 Å². The molecule has 6 heteroatoms. The molecule has 1 unspecified atom stereocenters. The van der Waals surface area contributed by atoms with Gasteiger partial charge in [0.1, 0.15) is 5.54 Å². The maximum Gasteiger partial charge on any atom is 0.401 e. The SMILES string of the molecule is CC(C)c1ccc(C(C)(NCC(F)(F)F)C(N)=O)cc1. The number of primary amides is 1. The van der Waals surface area contributed by atoms with E-state index in [-0.39, 0.29) is 0 Å². The Balaban J connectivity index is 3.03. The average molecular weight is 288 g/mol. The van der Waals surface area contributed by atoms with Crippen LogP contribution in [0.3, 0.4) is 0 Å². The van der Waals surface area contributed by atoms with Crippen molar-refractivity contribution < 1.29 is 18.0 Å². The number of hydrogen-bond donors (Lipinski definition) is 2. The summed E-state index contributed by atoms with van der Waals surface area (Å²) < 4.78 is 37.0. The largest absolute Gasteiger partial charge is 0.401 e. The van der Waals surface area contributed by atoms with Crippen molar-refractivity contribution in [2.45, 2.75) is 38.4 Å². The predicted molar refractivity (Wildman–Crippen MR) is 71.1 cm³/mol. The first-order valence-corrected chi connectivity index (χ1v) is 6.28. The maximum atomic E-state index is 12.3. The fraction of sp³-hybridized carbons (Fsp3) is 0.500. The van der Waals surface area contributed by atoms with Gasteiger partial charge in [0.2, 0.25) is 5.91 Å². The zero-order chi connectivity index (χ0) is 15.6. The number of amides is 1. The molecule has 0 saturated heterocycles. The number of halogens is 3. The van der Waals surface area contributed by atoms with Crippen LogP contribution < -0.4 is 11.1 Å². The summed E-state index contributed by atoms with van der Waals surface area (Å²) in [5.74, 6) is -0.550. The number of hydrogen-bond acceptors (Lipinski definition) is 2. The highest BCUT2D eigenvalue weighted by Gasteiger charge is 2.37. The van der Waals surface area contributed by atoms with Gasteiger partial charge in [0.15, 0.2) is 0 Å². The summed E-state index contributed by atoms with van der Waals surface area (Å²) in [6.07, 6.45) is -4.41. The average Bonchev–Trinajstić information content (AvgIpc) is 2.35. The predicted octanol–water partition coefficient (Wildman–Crippen LogP) is 2.66. The molecule has 0 aromatic heterocycles. The summed E-state index contributed by atoms with van der Waals surface area (Å²) in [4.78, 5) is 11.5. The van der Waals surface area contributed by atoms with Crippen LogP contribution in [0, 0.1) is 0 Å². The van der Waals surface area contributed by atoms with Gasteiger partial charge in [-0.25, -0.2) is 0 Å². The van der Waals surface area contributed by atoms with Crippen molar-refractivity contribution in [3.63, 3.8) is 0 Å². The zero-order valence-electron chi connectivity index (χ0n) is 11.7. The second-order valence-electron chi connectivity index (χ2n) is 5.23. The maximum absolute atomic E-state index is 12.3. The quantitative estimate of drug-likeness (QED) is 0.875. The van der Waals surface area contributed by atoms with Crippen molar-refractivity contribution in [1.29, 1.82) is 0 Å². The van der Waals surface area contributed by atoms with Gasteiger partial charge in [0.05, 0.1) is 6.54 Å². The molecular formula is C14H19F3N2O. The van der Waals surface area contributed by atoms with Crippen molar-refractivity contribution in [1.82, 2.24) is 5.32 Å². The van der Waals surface area contributed by atoms with E-state index in [9.17, 15) is 18.0 Å². The summed E-state index contributed by atoms with van der Waals surface area (Å²) in [7, 11) is 0. The monoisotopic (exact) mass is 288 g/mol. The van der Waals surface area contributed by atoms with E-state index in [0.29, 0.717) is 11.5 Å². The Labute approximate surface area is 116 Å². The van der Waals surface area contributed by atoms with E-state index >= 15 is 0 Å². The summed E-state index contributed by atoms with van der Waals surface area (Å²) in [5.41, 5.74) is 5.16. The van der Waals surface area contributed by atoms with Crippen LogP contribution in [0.25, 0.3) is 0 Å². The number of benzene rings is 1. The van der Waals surface area contributed by atoms with Gasteiger partial charge in [-0.2, -0.15) is 13.2 Å². The van der Waals surface area contributed by atoms with Crippen LogP contribution in [-0.2, 0) is 10.3 Å². The molecule has 0 aliphatic rings. The smallest absolute Gasteiger partial charge is 0.368 e. The normalized spacial score (nSPS) is 15.2. The van der Waals surface area contributed by atoms with E-state index < -0.39 is 24.2 Å². The van der Waals surface area contributed by atoms with E-state index in [1.165, 1.54) is 6.92 Å². The third kappa shape index (κ3) is 3.96. The molecule has 0 aliphatic carbocycles. The minimum atomic E-state index is -4.41. The van der Waals surface area contributed by atoms with Crippen LogP contribution in [0.2, 0.25) is 0 Å². The van der Waals surface area contributed by atoms with Crippen LogP contribution in [0.1, 0.15) is 37.8 Å². The fourth-order valence-electron chi connectivity index (χ4n) is 1.81. The van der Waals surface area contributed by atoms with Gasteiger partial charge in [-0.05, 0) is 24.0 Å². The van der Waals surface area contributed by atoms with E-state index in [0.717, 1.165) is 5.56 Å². The third-order valence-corrected chi connectivity index (χ3v) is 3.29. The molecule has 1 amide bonds. The van der Waals surface area contributed by atoms with Crippen molar-refractivity contribution >= 4 is 5.91 Å². The topological polar surface area (TPSA) is 55.1 Å². The standard InChI is InChI=1S/C14H19F3N2O/c1-9(2)10-4-6-11(7-5-10)13(3,12(18)20)19-8-14(15,16)17/h4-7,9,19H,8H2,1-3H3,(H2,18,20). The fourth-order valence-corrected chi connectivity index (χ4v) is 1.81. The molecule has 0 spiro atoms. The van der Waals surface area contributed by atoms with Gasteiger partial charge >= 0.3 is 6.18 Å². The van der Waals surface area contributed by atoms with Crippen LogP contribution >= 0.6 is 0 Å². The number of carbonyl (C=O) groups is 1. The highest BCUT2D eigenvalue weighted by molar-refractivity contribution is 5.85. The molecule has 1 rings (SSSR count). The molecule has 1 atom stereocenters. The van der Waals surface area contributed by atoms with Crippen LogP contribution in [-0.4, -0.2) is 18.6 Å². The molecule has 0 radical (unpaired) electrons. The first-order chi connectivity index (χ1) is 9.06. The van der Waals surface area contributed by atoms with Gasteiger partial charge in [0.25, 0.3) is 0 Å². The second-order valence-corrected chi connectivity index (χ2v) is 5.23. The number of carbonyl (C=O) groups excluding carboxylic acids is 1. The summed E-state index contributed by atoms with van der Waals surface area (Å²) in [5, 5.41) is 2.20. The van der Waals surface area contributed by atoms with Crippen molar-refractivity contribution in [2.75, 3.05) is 6.54 Å². The Morgan fingerprint density at radius 2 is 1.75 bits per heavy atom.